The number of hydrogen-bond donors (Lipinski definition) is 0. The fourth-order valence-electron chi connectivity index (χ4n) is 2.12. The molecule has 2 rings (SSSR count). The summed E-state index contributed by atoms with van der Waals surface area (Å²) in [6, 6.07) is 8.28. The van der Waals surface area contributed by atoms with Gasteiger partial charge in [-0.15, -0.1) is 10.2 Å². The van der Waals surface area contributed by atoms with Crippen molar-refractivity contribution < 1.29 is 4.74 Å². The van der Waals surface area contributed by atoms with Crippen LogP contribution in [0.25, 0.3) is 0 Å². The second-order valence-electron chi connectivity index (χ2n) is 5.05. The van der Waals surface area contributed by atoms with E-state index in [0.29, 0.717) is 0 Å². The van der Waals surface area contributed by atoms with Crippen molar-refractivity contribution in [1.29, 1.82) is 0 Å². The lowest BCUT2D eigenvalue weighted by Gasteiger charge is -2.15. The molecule has 0 N–H and O–H groups in total. The number of nitrogens with zero attached hydrogens (tertiary/aromatic N) is 4. The van der Waals surface area contributed by atoms with Crippen molar-refractivity contribution in [2.45, 2.75) is 19.4 Å². The predicted octanol–water partition coefficient (Wildman–Crippen LogP) is 1.89. The molecule has 5 nitrogen and oxygen atoms in total. The Bertz CT molecular complexity index is 521. The smallest absolute Gasteiger partial charge is 0.146 e. The summed E-state index contributed by atoms with van der Waals surface area (Å²) in [5.74, 6) is 1.91. The molecule has 1 heterocycles. The number of hydrogen-bond acceptors (Lipinski definition) is 4. The largest absolute Gasteiger partial charge is 0.497 e. The summed E-state index contributed by atoms with van der Waals surface area (Å²) < 4.78 is 7.12. The number of aromatic nitrogens is 3. The molecule has 0 saturated carbocycles. The molecule has 0 aliphatic rings. The van der Waals surface area contributed by atoms with E-state index < -0.39 is 0 Å². The van der Waals surface area contributed by atoms with Crippen molar-refractivity contribution in [2.75, 3.05) is 20.7 Å². The van der Waals surface area contributed by atoms with E-state index in [4.69, 9.17) is 4.74 Å². The molecule has 0 saturated heterocycles. The van der Waals surface area contributed by atoms with Gasteiger partial charge in [-0.3, -0.25) is 4.90 Å². The highest BCUT2D eigenvalue weighted by Crippen LogP contribution is 2.12. The van der Waals surface area contributed by atoms with Gasteiger partial charge >= 0.3 is 0 Å². The maximum atomic E-state index is 5.16. The molecule has 5 heteroatoms. The van der Waals surface area contributed by atoms with Crippen LogP contribution in [0, 0.1) is 0 Å². The Hall–Kier alpha value is -1.88. The van der Waals surface area contributed by atoms with Crippen molar-refractivity contribution in [3.8, 4) is 5.75 Å². The Morgan fingerprint density at radius 1 is 1.25 bits per heavy atom. The summed E-state index contributed by atoms with van der Waals surface area (Å²) in [4.78, 5) is 2.27. The third-order valence-electron chi connectivity index (χ3n) is 3.38. The predicted molar refractivity (Wildman–Crippen MR) is 78.7 cm³/mol. The molecule has 108 valence electrons. The first-order valence-electron chi connectivity index (χ1n) is 6.83. The Morgan fingerprint density at radius 3 is 2.60 bits per heavy atom. The van der Waals surface area contributed by atoms with E-state index >= 15 is 0 Å². The topological polar surface area (TPSA) is 43.2 Å². The Morgan fingerprint density at radius 2 is 2.00 bits per heavy atom. The van der Waals surface area contributed by atoms with Gasteiger partial charge in [-0.1, -0.05) is 12.1 Å². The molecule has 0 bridgehead atoms. The molecule has 1 aromatic heterocycles. The number of methoxy groups -OCH3 is 1. The van der Waals surface area contributed by atoms with Gasteiger partial charge in [0.25, 0.3) is 0 Å². The molecule has 0 unspecified atom stereocenters. The monoisotopic (exact) mass is 274 g/mol. The quantitative estimate of drug-likeness (QED) is 0.773. The van der Waals surface area contributed by atoms with E-state index in [1.54, 1.807) is 13.4 Å². The molecular weight excluding hydrogens is 252 g/mol. The maximum absolute atomic E-state index is 5.16. The first kappa shape index (κ1) is 14.5. The van der Waals surface area contributed by atoms with E-state index in [1.807, 2.05) is 23.7 Å². The zero-order valence-electron chi connectivity index (χ0n) is 12.4. The zero-order valence-corrected chi connectivity index (χ0v) is 12.4. The first-order chi connectivity index (χ1) is 9.69. The van der Waals surface area contributed by atoms with E-state index in [2.05, 4.69) is 34.3 Å². The summed E-state index contributed by atoms with van der Waals surface area (Å²) in [5, 5.41) is 7.99. The zero-order chi connectivity index (χ0) is 14.4. The maximum Gasteiger partial charge on any atom is 0.146 e. The fourth-order valence-corrected chi connectivity index (χ4v) is 2.12. The van der Waals surface area contributed by atoms with Gasteiger partial charge < -0.3 is 9.30 Å². The minimum Gasteiger partial charge on any atom is -0.497 e. The number of rotatable bonds is 7. The van der Waals surface area contributed by atoms with Crippen molar-refractivity contribution in [2.24, 2.45) is 7.05 Å². The molecule has 1 aromatic carbocycles. The Kier molecular flexibility index (Phi) is 5.12. The van der Waals surface area contributed by atoms with Crippen LogP contribution in [0.15, 0.2) is 30.6 Å². The van der Waals surface area contributed by atoms with Gasteiger partial charge in [0.05, 0.1) is 13.7 Å². The number of ether oxygens (including phenoxy) is 1. The third kappa shape index (κ3) is 4.06. The molecule has 2 aromatic rings. The second kappa shape index (κ2) is 7.05. The van der Waals surface area contributed by atoms with E-state index in [9.17, 15) is 0 Å². The highest BCUT2D eigenvalue weighted by Gasteiger charge is 2.05. The Labute approximate surface area is 120 Å². The van der Waals surface area contributed by atoms with Crippen LogP contribution in [0.2, 0.25) is 0 Å². The minimum atomic E-state index is 0.832. The number of aryl methyl sites for hydroxylation is 2. The van der Waals surface area contributed by atoms with Crippen LogP contribution in [-0.2, 0) is 20.0 Å². The van der Waals surface area contributed by atoms with Crippen molar-refractivity contribution in [3.63, 3.8) is 0 Å². The van der Waals surface area contributed by atoms with E-state index in [-0.39, 0.29) is 0 Å². The molecule has 0 spiro atoms. The normalized spacial score (nSPS) is 11.0. The third-order valence-corrected chi connectivity index (χ3v) is 3.38. The lowest BCUT2D eigenvalue weighted by Crippen LogP contribution is -2.21. The van der Waals surface area contributed by atoms with Crippen LogP contribution in [0.3, 0.4) is 0 Å². The molecule has 0 atom stereocenters. The average molecular weight is 274 g/mol. The molecule has 0 amide bonds. The molecule has 20 heavy (non-hydrogen) atoms. The van der Waals surface area contributed by atoms with Crippen LogP contribution in [0.5, 0.6) is 5.75 Å². The molecule has 0 aliphatic heterocycles. The van der Waals surface area contributed by atoms with Crippen molar-refractivity contribution in [1.82, 2.24) is 19.7 Å². The van der Waals surface area contributed by atoms with Crippen molar-refractivity contribution >= 4 is 0 Å². The van der Waals surface area contributed by atoms with E-state index in [0.717, 1.165) is 37.5 Å². The molecular formula is C15H22N4O. The van der Waals surface area contributed by atoms with Crippen molar-refractivity contribution in [3.05, 3.63) is 42.0 Å². The van der Waals surface area contributed by atoms with Crippen LogP contribution in [0.4, 0.5) is 0 Å². The summed E-state index contributed by atoms with van der Waals surface area (Å²) >= 11 is 0. The molecule has 0 fully saturated rings. The van der Waals surface area contributed by atoms with Gasteiger partial charge in [-0.25, -0.2) is 0 Å². The summed E-state index contributed by atoms with van der Waals surface area (Å²) in [6.07, 6.45) is 3.94. The fraction of sp³-hybridized carbons (Fsp3) is 0.467. The highest BCUT2D eigenvalue weighted by atomic mass is 16.5. The van der Waals surface area contributed by atoms with Gasteiger partial charge in [0.1, 0.15) is 17.9 Å². The lowest BCUT2D eigenvalue weighted by molar-refractivity contribution is 0.310. The van der Waals surface area contributed by atoms with Gasteiger partial charge in [0.2, 0.25) is 0 Å². The summed E-state index contributed by atoms with van der Waals surface area (Å²) in [7, 11) is 5.78. The van der Waals surface area contributed by atoms with Crippen LogP contribution in [0.1, 0.15) is 17.8 Å². The standard InChI is InChI=1S/C15H22N4O/c1-18(11-15-17-16-12-19(15)2)10-4-5-13-6-8-14(20-3)9-7-13/h6-9,12H,4-5,10-11H2,1-3H3. The van der Waals surface area contributed by atoms with Crippen LogP contribution >= 0.6 is 0 Å². The average Bonchev–Trinajstić information content (AvgIpc) is 2.85. The van der Waals surface area contributed by atoms with Crippen LogP contribution < -0.4 is 4.74 Å². The lowest BCUT2D eigenvalue weighted by atomic mass is 10.1. The SMILES string of the molecule is COc1ccc(CCCN(C)Cc2nncn2C)cc1. The van der Waals surface area contributed by atoms with Crippen LogP contribution in [-0.4, -0.2) is 40.4 Å². The minimum absolute atomic E-state index is 0.832. The highest BCUT2D eigenvalue weighted by molar-refractivity contribution is 5.27. The molecule has 0 aliphatic carbocycles. The first-order valence-corrected chi connectivity index (χ1v) is 6.83. The molecule has 0 radical (unpaired) electrons. The number of benzene rings is 1. The summed E-state index contributed by atoms with van der Waals surface area (Å²) in [5.41, 5.74) is 1.35. The second-order valence-corrected chi connectivity index (χ2v) is 5.05. The van der Waals surface area contributed by atoms with Gasteiger partial charge in [-0.2, -0.15) is 0 Å². The van der Waals surface area contributed by atoms with E-state index in [1.165, 1.54) is 5.56 Å². The Balaban J connectivity index is 1.73. The van der Waals surface area contributed by atoms with Gasteiger partial charge in [-0.05, 0) is 44.1 Å². The van der Waals surface area contributed by atoms with Gasteiger partial charge in [0, 0.05) is 7.05 Å². The summed E-state index contributed by atoms with van der Waals surface area (Å²) in [6.45, 7) is 1.87. The van der Waals surface area contributed by atoms with Gasteiger partial charge in [0.15, 0.2) is 0 Å².